The van der Waals surface area contributed by atoms with Gasteiger partial charge in [-0.1, -0.05) is 17.4 Å². The number of rotatable bonds is 9. The number of fused-ring (bicyclic) bond motifs is 1. The van der Waals surface area contributed by atoms with Crippen LogP contribution < -0.4 is 19.1 Å². The van der Waals surface area contributed by atoms with Crippen molar-refractivity contribution in [2.24, 2.45) is 0 Å². The van der Waals surface area contributed by atoms with Crippen LogP contribution in [0, 0.1) is 0 Å². The molecular weight excluding hydrogens is 540 g/mol. The van der Waals surface area contributed by atoms with Crippen molar-refractivity contribution in [1.82, 2.24) is 14.3 Å². The third-order valence-corrected chi connectivity index (χ3v) is 9.63. The molecule has 1 atom stereocenters. The summed E-state index contributed by atoms with van der Waals surface area (Å²) in [6.07, 6.45) is 4.29. The molecule has 0 spiro atoms. The molecule has 0 aliphatic carbocycles. The lowest BCUT2D eigenvalue weighted by Gasteiger charge is -2.28. The Hall–Kier alpha value is -3.74. The molecule has 1 amide bonds. The van der Waals surface area contributed by atoms with Gasteiger partial charge in [-0.3, -0.25) is 14.7 Å². The van der Waals surface area contributed by atoms with E-state index in [0.29, 0.717) is 40.7 Å². The van der Waals surface area contributed by atoms with E-state index < -0.39 is 16.1 Å². The summed E-state index contributed by atoms with van der Waals surface area (Å²) in [7, 11) is 0.709. The molecule has 0 bridgehead atoms. The number of nitrogens with zero attached hydrogens (tertiary/aromatic N) is 4. The molecule has 5 rings (SSSR count). The van der Waals surface area contributed by atoms with Gasteiger partial charge in [-0.2, -0.15) is 4.31 Å². The van der Waals surface area contributed by atoms with E-state index in [1.165, 1.54) is 39.8 Å². The topological polar surface area (TPSA) is 111 Å². The Balaban J connectivity index is 1.55. The fourth-order valence-corrected chi connectivity index (χ4v) is 7.37. The first-order valence-electron chi connectivity index (χ1n) is 12.2. The zero-order chi connectivity index (χ0) is 27.6. The second-order valence-electron chi connectivity index (χ2n) is 8.88. The van der Waals surface area contributed by atoms with Crippen LogP contribution in [0.5, 0.6) is 17.2 Å². The Bertz CT molecular complexity index is 1530. The Morgan fingerprint density at radius 3 is 2.46 bits per heavy atom. The van der Waals surface area contributed by atoms with Crippen LogP contribution in [0.4, 0.5) is 5.13 Å². The number of carbonyl (C=O) groups excluding carboxylic acids is 1. The van der Waals surface area contributed by atoms with E-state index in [9.17, 15) is 13.2 Å². The maximum Gasteiger partial charge on any atom is 0.247 e. The Labute approximate surface area is 230 Å². The third kappa shape index (κ3) is 5.14. The van der Waals surface area contributed by atoms with E-state index in [1.807, 2.05) is 6.07 Å². The lowest BCUT2D eigenvalue weighted by atomic mass is 10.2. The van der Waals surface area contributed by atoms with Crippen molar-refractivity contribution in [3.8, 4) is 17.2 Å². The molecule has 39 heavy (non-hydrogen) atoms. The molecule has 0 saturated carbocycles. The summed E-state index contributed by atoms with van der Waals surface area (Å²) >= 11 is 1.29. The van der Waals surface area contributed by atoms with Crippen LogP contribution in [0.1, 0.15) is 18.4 Å². The smallest absolute Gasteiger partial charge is 0.247 e. The summed E-state index contributed by atoms with van der Waals surface area (Å²) in [6.45, 7) is 0.414. The molecule has 3 heterocycles. The molecule has 0 radical (unpaired) electrons. The van der Waals surface area contributed by atoms with Gasteiger partial charge in [-0.05, 0) is 60.9 Å². The molecule has 12 heteroatoms. The number of sulfonamides is 1. The van der Waals surface area contributed by atoms with E-state index in [1.54, 1.807) is 56.9 Å². The van der Waals surface area contributed by atoms with Gasteiger partial charge in [0.2, 0.25) is 15.9 Å². The van der Waals surface area contributed by atoms with E-state index in [-0.39, 0.29) is 23.9 Å². The lowest BCUT2D eigenvalue weighted by Crippen LogP contribution is -2.47. The molecule has 2 aromatic carbocycles. The molecule has 10 nitrogen and oxygen atoms in total. The number of hydrogen-bond donors (Lipinski definition) is 0. The van der Waals surface area contributed by atoms with Crippen molar-refractivity contribution in [3.63, 3.8) is 0 Å². The normalized spacial score (nSPS) is 15.8. The van der Waals surface area contributed by atoms with Crippen molar-refractivity contribution in [2.45, 2.75) is 30.3 Å². The maximum absolute atomic E-state index is 14.2. The predicted octanol–water partition coefficient (Wildman–Crippen LogP) is 4.10. The minimum absolute atomic E-state index is 0.108. The summed E-state index contributed by atoms with van der Waals surface area (Å²) in [5.74, 6) is 1.34. The molecule has 2 aromatic heterocycles. The number of carbonyl (C=O) groups is 1. The average molecular weight is 569 g/mol. The minimum atomic E-state index is -3.93. The summed E-state index contributed by atoms with van der Waals surface area (Å²) in [4.78, 5) is 24.8. The zero-order valence-electron chi connectivity index (χ0n) is 21.7. The summed E-state index contributed by atoms with van der Waals surface area (Å²) < 4.78 is 45.5. The number of amides is 1. The third-order valence-electron chi connectivity index (χ3n) is 6.61. The summed E-state index contributed by atoms with van der Waals surface area (Å²) in [5, 5.41) is 0.412. The van der Waals surface area contributed by atoms with Gasteiger partial charge < -0.3 is 14.2 Å². The first-order chi connectivity index (χ1) is 18.9. The van der Waals surface area contributed by atoms with Crippen LogP contribution in [0.15, 0.2) is 65.8 Å². The number of thiazole rings is 1. The predicted molar refractivity (Wildman–Crippen MR) is 148 cm³/mol. The van der Waals surface area contributed by atoms with E-state index in [0.717, 1.165) is 10.3 Å². The fourth-order valence-electron chi connectivity index (χ4n) is 4.64. The standard InChI is InChI=1S/C27H28N4O6S2/c1-35-19-8-10-20(11-9-19)39(33,34)31-15-5-7-21(31)26(32)30(17-18-6-4-14-28-16-18)27-29-24-22(36-2)12-13-23(37-3)25(24)38-27/h4,6,8-14,16,21H,5,7,15,17H2,1-3H3. The van der Waals surface area contributed by atoms with Gasteiger partial charge in [0.15, 0.2) is 5.13 Å². The average Bonchev–Trinajstić information content (AvgIpc) is 3.64. The Morgan fingerprint density at radius 1 is 1.05 bits per heavy atom. The van der Waals surface area contributed by atoms with Gasteiger partial charge in [-0.25, -0.2) is 13.4 Å². The number of ether oxygens (including phenoxy) is 3. The first kappa shape index (κ1) is 26.9. The van der Waals surface area contributed by atoms with Gasteiger partial charge in [0.25, 0.3) is 0 Å². The number of methoxy groups -OCH3 is 3. The van der Waals surface area contributed by atoms with Gasteiger partial charge in [-0.15, -0.1) is 0 Å². The summed E-state index contributed by atoms with van der Waals surface area (Å²) in [5.41, 5.74) is 1.35. The van der Waals surface area contributed by atoms with Crippen LogP contribution in [0.25, 0.3) is 10.2 Å². The Kier molecular flexibility index (Phi) is 7.69. The molecule has 1 aliphatic rings. The van der Waals surface area contributed by atoms with Gasteiger partial charge in [0.1, 0.15) is 33.5 Å². The highest BCUT2D eigenvalue weighted by Gasteiger charge is 2.42. The van der Waals surface area contributed by atoms with Crippen molar-refractivity contribution in [1.29, 1.82) is 0 Å². The van der Waals surface area contributed by atoms with Gasteiger partial charge >= 0.3 is 0 Å². The largest absolute Gasteiger partial charge is 0.497 e. The van der Waals surface area contributed by atoms with Crippen molar-refractivity contribution in [2.75, 3.05) is 32.8 Å². The minimum Gasteiger partial charge on any atom is -0.497 e. The molecular formula is C27H28N4O6S2. The molecule has 204 valence electrons. The van der Waals surface area contributed by atoms with Crippen molar-refractivity contribution < 1.29 is 27.4 Å². The van der Waals surface area contributed by atoms with Crippen LogP contribution >= 0.6 is 11.3 Å². The number of anilines is 1. The summed E-state index contributed by atoms with van der Waals surface area (Å²) in [6, 6.07) is 12.5. The molecule has 4 aromatic rings. The highest BCUT2D eigenvalue weighted by molar-refractivity contribution is 7.89. The highest BCUT2D eigenvalue weighted by atomic mass is 32.2. The Morgan fingerprint density at radius 2 is 1.79 bits per heavy atom. The number of hydrogen-bond acceptors (Lipinski definition) is 9. The number of pyridine rings is 1. The van der Waals surface area contributed by atoms with E-state index >= 15 is 0 Å². The van der Waals surface area contributed by atoms with Crippen LogP contribution in [-0.2, 0) is 21.4 Å². The van der Waals surface area contributed by atoms with Crippen LogP contribution in [0.2, 0.25) is 0 Å². The SMILES string of the molecule is COc1ccc(S(=O)(=O)N2CCCC2C(=O)N(Cc2cccnc2)c2nc3c(OC)ccc(OC)c3s2)cc1. The van der Waals surface area contributed by atoms with Crippen LogP contribution in [0.3, 0.4) is 0 Å². The highest BCUT2D eigenvalue weighted by Crippen LogP contribution is 2.41. The zero-order valence-corrected chi connectivity index (χ0v) is 23.4. The molecule has 1 aliphatic heterocycles. The number of benzene rings is 2. The van der Waals surface area contributed by atoms with Crippen molar-refractivity contribution in [3.05, 3.63) is 66.5 Å². The van der Waals surface area contributed by atoms with E-state index in [4.69, 9.17) is 19.2 Å². The monoisotopic (exact) mass is 568 g/mol. The first-order valence-corrected chi connectivity index (χ1v) is 14.5. The fraction of sp³-hybridized carbons (Fsp3) is 0.296. The van der Waals surface area contributed by atoms with E-state index in [2.05, 4.69) is 4.98 Å². The van der Waals surface area contributed by atoms with Crippen molar-refractivity contribution >= 4 is 42.6 Å². The molecule has 1 fully saturated rings. The molecule has 1 saturated heterocycles. The second kappa shape index (κ2) is 11.2. The number of aromatic nitrogens is 2. The van der Waals surface area contributed by atoms with Gasteiger partial charge in [0, 0.05) is 18.9 Å². The second-order valence-corrected chi connectivity index (χ2v) is 11.7. The maximum atomic E-state index is 14.2. The lowest BCUT2D eigenvalue weighted by molar-refractivity contribution is -0.121. The molecule has 0 N–H and O–H groups in total. The van der Waals surface area contributed by atoms with Crippen LogP contribution in [-0.4, -0.2) is 62.5 Å². The molecule has 1 unspecified atom stereocenters. The van der Waals surface area contributed by atoms with Gasteiger partial charge in [0.05, 0.1) is 32.8 Å². The quantitative estimate of drug-likeness (QED) is 0.297.